The zero-order valence-electron chi connectivity index (χ0n) is 12.2. The summed E-state index contributed by atoms with van der Waals surface area (Å²) in [4.78, 5) is 9.59. The standard InChI is InChI=1S/C17H21N3S/c1-2-4-14(5-3-1)10-19-8-6-15-12-20(13-16(15)11-19)17-18-7-9-21-17/h1-5,7,9,15-16H,6,8,10-13H2/t15-,16+/m1/s1. The lowest BCUT2D eigenvalue weighted by atomic mass is 9.88. The summed E-state index contributed by atoms with van der Waals surface area (Å²) in [6.45, 7) is 5.96. The molecular weight excluding hydrogens is 278 g/mol. The summed E-state index contributed by atoms with van der Waals surface area (Å²) in [5.41, 5.74) is 1.44. The van der Waals surface area contributed by atoms with Crippen LogP contribution in [0.15, 0.2) is 41.9 Å². The van der Waals surface area contributed by atoms with Gasteiger partial charge in [-0.25, -0.2) is 4.98 Å². The molecule has 0 aliphatic carbocycles. The Kier molecular flexibility index (Phi) is 3.65. The summed E-state index contributed by atoms with van der Waals surface area (Å²) in [7, 11) is 0. The van der Waals surface area contributed by atoms with Crippen molar-refractivity contribution in [3.63, 3.8) is 0 Å². The van der Waals surface area contributed by atoms with Crippen molar-refractivity contribution < 1.29 is 0 Å². The lowest BCUT2D eigenvalue weighted by Gasteiger charge is -2.34. The van der Waals surface area contributed by atoms with Gasteiger partial charge >= 0.3 is 0 Å². The molecule has 2 fully saturated rings. The third kappa shape index (κ3) is 2.83. The lowest BCUT2D eigenvalue weighted by Crippen LogP contribution is -2.39. The average molecular weight is 299 g/mol. The molecule has 2 aromatic rings. The first-order chi connectivity index (χ1) is 10.4. The van der Waals surface area contributed by atoms with E-state index in [9.17, 15) is 0 Å². The zero-order valence-corrected chi connectivity index (χ0v) is 13.0. The lowest BCUT2D eigenvalue weighted by molar-refractivity contribution is 0.142. The van der Waals surface area contributed by atoms with Crippen LogP contribution in [-0.4, -0.2) is 36.1 Å². The Morgan fingerprint density at radius 3 is 2.76 bits per heavy atom. The van der Waals surface area contributed by atoms with Gasteiger partial charge < -0.3 is 4.90 Å². The summed E-state index contributed by atoms with van der Waals surface area (Å²) in [5.74, 6) is 1.67. The molecule has 3 nitrogen and oxygen atoms in total. The number of benzene rings is 1. The molecule has 0 saturated carbocycles. The smallest absolute Gasteiger partial charge is 0.185 e. The van der Waals surface area contributed by atoms with Crippen LogP contribution in [0, 0.1) is 11.8 Å². The first-order valence-electron chi connectivity index (χ1n) is 7.79. The number of rotatable bonds is 3. The van der Waals surface area contributed by atoms with Crippen molar-refractivity contribution in [1.29, 1.82) is 0 Å². The Hall–Kier alpha value is -1.39. The summed E-state index contributed by atoms with van der Waals surface area (Å²) in [6.07, 6.45) is 3.25. The Morgan fingerprint density at radius 1 is 1.10 bits per heavy atom. The van der Waals surface area contributed by atoms with Gasteiger partial charge in [0.15, 0.2) is 5.13 Å². The molecule has 0 radical (unpaired) electrons. The Morgan fingerprint density at radius 2 is 1.95 bits per heavy atom. The highest BCUT2D eigenvalue weighted by molar-refractivity contribution is 7.13. The van der Waals surface area contributed by atoms with Crippen LogP contribution in [0.25, 0.3) is 0 Å². The normalized spacial score (nSPS) is 26.0. The van der Waals surface area contributed by atoms with E-state index in [1.165, 1.54) is 43.3 Å². The fraction of sp³-hybridized carbons (Fsp3) is 0.471. The van der Waals surface area contributed by atoms with E-state index >= 15 is 0 Å². The third-order valence-electron chi connectivity index (χ3n) is 4.82. The van der Waals surface area contributed by atoms with E-state index in [1.54, 1.807) is 11.3 Å². The number of anilines is 1. The number of nitrogens with zero attached hydrogens (tertiary/aromatic N) is 3. The van der Waals surface area contributed by atoms with E-state index in [4.69, 9.17) is 0 Å². The molecule has 1 aromatic carbocycles. The molecule has 0 spiro atoms. The third-order valence-corrected chi connectivity index (χ3v) is 5.66. The maximum absolute atomic E-state index is 4.47. The highest BCUT2D eigenvalue weighted by atomic mass is 32.1. The number of aromatic nitrogens is 1. The molecule has 2 aliphatic heterocycles. The van der Waals surface area contributed by atoms with Gasteiger partial charge in [-0.1, -0.05) is 30.3 Å². The van der Waals surface area contributed by atoms with Gasteiger partial charge in [0.1, 0.15) is 0 Å². The largest absolute Gasteiger partial charge is 0.347 e. The monoisotopic (exact) mass is 299 g/mol. The average Bonchev–Trinajstić information content (AvgIpc) is 3.17. The van der Waals surface area contributed by atoms with E-state index in [-0.39, 0.29) is 0 Å². The van der Waals surface area contributed by atoms with E-state index in [1.807, 2.05) is 6.20 Å². The van der Waals surface area contributed by atoms with Gasteiger partial charge in [-0.05, 0) is 30.4 Å². The molecule has 2 aliphatic rings. The van der Waals surface area contributed by atoms with Gasteiger partial charge in [0.25, 0.3) is 0 Å². The molecule has 21 heavy (non-hydrogen) atoms. The summed E-state index contributed by atoms with van der Waals surface area (Å²) < 4.78 is 0. The van der Waals surface area contributed by atoms with E-state index in [2.05, 4.69) is 50.5 Å². The quantitative estimate of drug-likeness (QED) is 0.868. The molecule has 0 amide bonds. The van der Waals surface area contributed by atoms with Crippen molar-refractivity contribution in [3.05, 3.63) is 47.5 Å². The van der Waals surface area contributed by atoms with Crippen LogP contribution in [0.4, 0.5) is 5.13 Å². The molecule has 0 bridgehead atoms. The minimum Gasteiger partial charge on any atom is -0.347 e. The summed E-state index contributed by atoms with van der Waals surface area (Å²) in [6, 6.07) is 10.9. The van der Waals surface area contributed by atoms with Crippen molar-refractivity contribution in [1.82, 2.24) is 9.88 Å². The summed E-state index contributed by atoms with van der Waals surface area (Å²) >= 11 is 1.77. The maximum Gasteiger partial charge on any atom is 0.185 e. The van der Waals surface area contributed by atoms with E-state index < -0.39 is 0 Å². The van der Waals surface area contributed by atoms with Crippen LogP contribution in [0.3, 0.4) is 0 Å². The molecule has 1 aromatic heterocycles. The second kappa shape index (κ2) is 5.78. The van der Waals surface area contributed by atoms with Crippen molar-refractivity contribution in [2.45, 2.75) is 13.0 Å². The Bertz CT molecular complexity index is 569. The SMILES string of the molecule is c1ccc(CN2CC[C@@H]3CN(c4nccs4)C[C@@H]3C2)cc1. The molecule has 3 heterocycles. The molecule has 2 atom stereocenters. The molecular formula is C17H21N3S. The second-order valence-corrected chi connectivity index (χ2v) is 7.12. The van der Waals surface area contributed by atoms with Gasteiger partial charge in [-0.2, -0.15) is 0 Å². The molecule has 0 N–H and O–H groups in total. The number of hydrogen-bond acceptors (Lipinski definition) is 4. The minimum atomic E-state index is 0.811. The van der Waals surface area contributed by atoms with Crippen LogP contribution in [-0.2, 0) is 6.54 Å². The predicted molar refractivity (Wildman–Crippen MR) is 87.6 cm³/mol. The van der Waals surface area contributed by atoms with Crippen LogP contribution < -0.4 is 4.90 Å². The zero-order chi connectivity index (χ0) is 14.1. The van der Waals surface area contributed by atoms with Crippen molar-refractivity contribution in [2.75, 3.05) is 31.1 Å². The summed E-state index contributed by atoms with van der Waals surface area (Å²) in [5, 5.41) is 3.29. The number of likely N-dealkylation sites (tertiary alicyclic amines) is 1. The Labute approximate surface area is 130 Å². The second-order valence-electron chi connectivity index (χ2n) is 6.25. The number of piperidine rings is 1. The van der Waals surface area contributed by atoms with E-state index in [0.29, 0.717) is 0 Å². The number of thiazole rings is 1. The van der Waals surface area contributed by atoms with Crippen molar-refractivity contribution in [3.8, 4) is 0 Å². The predicted octanol–water partition coefficient (Wildman–Crippen LogP) is 3.10. The molecule has 2 saturated heterocycles. The molecule has 4 rings (SSSR count). The molecule has 4 heteroatoms. The first-order valence-corrected chi connectivity index (χ1v) is 8.67. The fourth-order valence-electron chi connectivity index (χ4n) is 3.76. The van der Waals surface area contributed by atoms with Gasteiger partial charge in [0.05, 0.1) is 0 Å². The van der Waals surface area contributed by atoms with Crippen molar-refractivity contribution >= 4 is 16.5 Å². The topological polar surface area (TPSA) is 19.4 Å². The van der Waals surface area contributed by atoms with Gasteiger partial charge in [0, 0.05) is 37.8 Å². The maximum atomic E-state index is 4.47. The fourth-order valence-corrected chi connectivity index (χ4v) is 4.42. The molecule has 0 unspecified atom stereocenters. The number of hydrogen-bond donors (Lipinski definition) is 0. The number of fused-ring (bicyclic) bond motifs is 1. The van der Waals surface area contributed by atoms with E-state index in [0.717, 1.165) is 18.4 Å². The highest BCUT2D eigenvalue weighted by Crippen LogP contribution is 2.34. The van der Waals surface area contributed by atoms with Gasteiger partial charge in [-0.15, -0.1) is 11.3 Å². The van der Waals surface area contributed by atoms with Crippen LogP contribution in [0.5, 0.6) is 0 Å². The van der Waals surface area contributed by atoms with Gasteiger partial charge in [0.2, 0.25) is 0 Å². The Balaban J connectivity index is 1.39. The van der Waals surface area contributed by atoms with Crippen LogP contribution >= 0.6 is 11.3 Å². The molecule has 110 valence electrons. The highest BCUT2D eigenvalue weighted by Gasteiger charge is 2.37. The minimum absolute atomic E-state index is 0.811. The first kappa shape index (κ1) is 13.3. The van der Waals surface area contributed by atoms with Crippen molar-refractivity contribution in [2.24, 2.45) is 11.8 Å². The van der Waals surface area contributed by atoms with Gasteiger partial charge in [-0.3, -0.25) is 4.90 Å². The van der Waals surface area contributed by atoms with Crippen LogP contribution in [0.1, 0.15) is 12.0 Å². The van der Waals surface area contributed by atoms with Crippen LogP contribution in [0.2, 0.25) is 0 Å².